The number of rotatable bonds is 3. The second-order valence-corrected chi connectivity index (χ2v) is 8.31. The Labute approximate surface area is 174 Å². The van der Waals surface area contributed by atoms with Crippen LogP contribution in [0, 0.1) is 11.3 Å². The number of halogens is 1. The molecule has 0 radical (unpaired) electrons. The van der Waals surface area contributed by atoms with E-state index in [1.54, 1.807) is 16.7 Å². The van der Waals surface area contributed by atoms with E-state index in [4.69, 9.17) is 11.6 Å². The Morgan fingerprint density at radius 2 is 2.04 bits per heavy atom. The minimum Gasteiger partial charge on any atom is -0.344 e. The summed E-state index contributed by atoms with van der Waals surface area (Å²) in [4.78, 5) is 16.8. The number of benzene rings is 2. The number of amides is 1. The molecule has 1 saturated heterocycles. The van der Waals surface area contributed by atoms with E-state index >= 15 is 0 Å². The summed E-state index contributed by atoms with van der Waals surface area (Å²) >= 11 is 7.66. The first-order valence-corrected chi connectivity index (χ1v) is 10.6. The first kappa shape index (κ1) is 18.9. The van der Waals surface area contributed by atoms with Crippen LogP contribution < -0.4 is 4.90 Å². The van der Waals surface area contributed by atoms with Gasteiger partial charge in [0.1, 0.15) is 0 Å². The zero-order valence-corrected chi connectivity index (χ0v) is 17.1. The number of anilines is 1. The molecule has 142 valence electrons. The predicted octanol–water partition coefficient (Wildman–Crippen LogP) is 5.12. The Bertz CT molecular complexity index is 980. The highest BCUT2D eigenvalue weighted by Crippen LogP contribution is 2.43. The molecule has 0 spiro atoms. The molecule has 0 aliphatic carbocycles. The van der Waals surface area contributed by atoms with E-state index in [9.17, 15) is 10.1 Å². The molecular formula is C22H20ClN3OS. The SMILES string of the molecule is CCc1ccc([C@H]2CC(=O)N3CN(c4cccc(Cl)c4)CSC3=C2C#N)cc1. The van der Waals surface area contributed by atoms with Crippen LogP contribution in [0.5, 0.6) is 0 Å². The number of allylic oxidation sites excluding steroid dienone is 1. The molecule has 4 rings (SSSR count). The molecule has 6 heteroatoms. The van der Waals surface area contributed by atoms with Crippen LogP contribution in [0.2, 0.25) is 5.02 Å². The molecule has 0 aromatic heterocycles. The fourth-order valence-electron chi connectivity index (χ4n) is 3.67. The predicted molar refractivity (Wildman–Crippen MR) is 114 cm³/mol. The number of hydrogen-bond donors (Lipinski definition) is 0. The van der Waals surface area contributed by atoms with Gasteiger partial charge in [0, 0.05) is 23.0 Å². The van der Waals surface area contributed by atoms with Gasteiger partial charge in [0.05, 0.1) is 29.2 Å². The van der Waals surface area contributed by atoms with Crippen molar-refractivity contribution < 1.29 is 4.79 Å². The summed E-state index contributed by atoms with van der Waals surface area (Å²) in [6.45, 7) is 2.55. The highest BCUT2D eigenvalue weighted by atomic mass is 35.5. The van der Waals surface area contributed by atoms with Crippen molar-refractivity contribution in [2.75, 3.05) is 17.4 Å². The second kappa shape index (κ2) is 7.90. The molecule has 0 unspecified atom stereocenters. The summed E-state index contributed by atoms with van der Waals surface area (Å²) in [6.07, 6.45) is 1.29. The molecule has 1 atom stereocenters. The molecular weight excluding hydrogens is 390 g/mol. The van der Waals surface area contributed by atoms with Gasteiger partial charge < -0.3 is 4.90 Å². The zero-order chi connectivity index (χ0) is 19.7. The van der Waals surface area contributed by atoms with Crippen LogP contribution in [0.4, 0.5) is 5.69 Å². The highest BCUT2D eigenvalue weighted by molar-refractivity contribution is 8.03. The molecule has 0 bridgehead atoms. The van der Waals surface area contributed by atoms with E-state index in [2.05, 4.69) is 42.2 Å². The number of fused-ring (bicyclic) bond motifs is 1. The highest BCUT2D eigenvalue weighted by Gasteiger charge is 2.38. The van der Waals surface area contributed by atoms with Gasteiger partial charge in [0.2, 0.25) is 5.91 Å². The standard InChI is InChI=1S/C22H20ClN3OS/c1-2-15-6-8-16(9-7-15)19-11-21(27)26-13-25(14-28-22(26)20(19)12-24)18-5-3-4-17(23)10-18/h3-10,19H,2,11,13-14H2,1H3/t19-/m1/s1. The van der Waals surface area contributed by atoms with E-state index in [0.29, 0.717) is 29.6 Å². The maximum Gasteiger partial charge on any atom is 0.229 e. The van der Waals surface area contributed by atoms with Crippen LogP contribution in [-0.2, 0) is 11.2 Å². The largest absolute Gasteiger partial charge is 0.344 e. The third kappa shape index (κ3) is 3.50. The minimum atomic E-state index is -0.167. The second-order valence-electron chi connectivity index (χ2n) is 6.94. The van der Waals surface area contributed by atoms with Gasteiger partial charge in [0.15, 0.2) is 0 Å². The molecule has 2 aromatic rings. The summed E-state index contributed by atoms with van der Waals surface area (Å²) in [6, 6.07) is 18.3. The van der Waals surface area contributed by atoms with Gasteiger partial charge in [-0.15, -0.1) is 0 Å². The first-order chi connectivity index (χ1) is 13.6. The van der Waals surface area contributed by atoms with Crippen molar-refractivity contribution in [1.29, 1.82) is 5.26 Å². The van der Waals surface area contributed by atoms with Gasteiger partial charge in [-0.3, -0.25) is 9.69 Å². The maximum absolute atomic E-state index is 13.0. The third-order valence-corrected chi connectivity index (χ3v) is 6.65. The number of aryl methyl sites for hydroxylation is 1. The molecule has 28 heavy (non-hydrogen) atoms. The first-order valence-electron chi connectivity index (χ1n) is 9.27. The number of thioether (sulfide) groups is 1. The molecule has 2 aromatic carbocycles. The lowest BCUT2D eigenvalue weighted by Crippen LogP contribution is -2.47. The van der Waals surface area contributed by atoms with E-state index in [1.165, 1.54) is 5.56 Å². The van der Waals surface area contributed by atoms with Crippen molar-refractivity contribution in [2.24, 2.45) is 0 Å². The summed E-state index contributed by atoms with van der Waals surface area (Å²) < 4.78 is 0. The zero-order valence-electron chi connectivity index (χ0n) is 15.6. The van der Waals surface area contributed by atoms with Crippen LogP contribution >= 0.6 is 23.4 Å². The summed E-state index contributed by atoms with van der Waals surface area (Å²) in [5.74, 6) is 0.559. The number of nitrogens with zero attached hydrogens (tertiary/aromatic N) is 3. The molecule has 2 aliphatic rings. The lowest BCUT2D eigenvalue weighted by Gasteiger charge is -2.42. The van der Waals surface area contributed by atoms with Crippen molar-refractivity contribution in [3.63, 3.8) is 0 Å². The van der Waals surface area contributed by atoms with Crippen LogP contribution in [0.3, 0.4) is 0 Å². The maximum atomic E-state index is 13.0. The smallest absolute Gasteiger partial charge is 0.229 e. The van der Waals surface area contributed by atoms with Gasteiger partial charge in [-0.1, -0.05) is 60.6 Å². The van der Waals surface area contributed by atoms with Crippen LogP contribution in [0.1, 0.15) is 30.4 Å². The molecule has 1 amide bonds. The van der Waals surface area contributed by atoms with Crippen LogP contribution in [0.15, 0.2) is 59.1 Å². The fourth-order valence-corrected chi connectivity index (χ4v) is 5.02. The molecule has 2 heterocycles. The Kier molecular flexibility index (Phi) is 5.34. The Balaban J connectivity index is 1.65. The molecule has 4 nitrogen and oxygen atoms in total. The van der Waals surface area contributed by atoms with Gasteiger partial charge in [0.25, 0.3) is 0 Å². The van der Waals surface area contributed by atoms with Crippen molar-refractivity contribution in [3.05, 3.63) is 75.3 Å². The number of nitriles is 1. The summed E-state index contributed by atoms with van der Waals surface area (Å²) in [5, 5.41) is 11.3. The van der Waals surface area contributed by atoms with Gasteiger partial charge in [-0.05, 0) is 35.7 Å². The Morgan fingerprint density at radius 1 is 1.25 bits per heavy atom. The quantitative estimate of drug-likeness (QED) is 0.705. The Hall–Kier alpha value is -2.42. The van der Waals surface area contributed by atoms with Crippen molar-refractivity contribution >= 4 is 35.0 Å². The molecule has 1 fully saturated rings. The topological polar surface area (TPSA) is 47.3 Å². The normalized spacial score (nSPS) is 19.5. The lowest BCUT2D eigenvalue weighted by molar-refractivity contribution is -0.129. The van der Waals surface area contributed by atoms with Gasteiger partial charge in [-0.2, -0.15) is 5.26 Å². The van der Waals surface area contributed by atoms with Crippen molar-refractivity contribution in [2.45, 2.75) is 25.7 Å². The van der Waals surface area contributed by atoms with E-state index in [1.807, 2.05) is 24.3 Å². The van der Waals surface area contributed by atoms with Crippen LogP contribution in [-0.4, -0.2) is 23.4 Å². The van der Waals surface area contributed by atoms with Crippen LogP contribution in [0.25, 0.3) is 0 Å². The fraction of sp³-hybridized carbons (Fsp3) is 0.273. The number of carbonyl (C=O) groups is 1. The van der Waals surface area contributed by atoms with E-state index in [0.717, 1.165) is 22.7 Å². The average Bonchev–Trinajstić information content (AvgIpc) is 2.73. The number of carbonyl (C=O) groups excluding carboxylic acids is 1. The summed E-state index contributed by atoms with van der Waals surface area (Å²) in [5.41, 5.74) is 3.96. The van der Waals surface area contributed by atoms with Crippen molar-refractivity contribution in [1.82, 2.24) is 4.90 Å². The lowest BCUT2D eigenvalue weighted by atomic mass is 9.86. The average molecular weight is 410 g/mol. The van der Waals surface area contributed by atoms with Crippen molar-refractivity contribution in [3.8, 4) is 6.07 Å². The Morgan fingerprint density at radius 3 is 2.71 bits per heavy atom. The number of hydrogen-bond acceptors (Lipinski definition) is 4. The third-order valence-electron chi connectivity index (χ3n) is 5.26. The monoisotopic (exact) mass is 409 g/mol. The van der Waals surface area contributed by atoms with E-state index in [-0.39, 0.29) is 11.8 Å². The van der Waals surface area contributed by atoms with Gasteiger partial charge in [-0.25, -0.2) is 0 Å². The summed E-state index contributed by atoms with van der Waals surface area (Å²) in [7, 11) is 0. The van der Waals surface area contributed by atoms with E-state index < -0.39 is 0 Å². The molecule has 0 saturated carbocycles. The minimum absolute atomic E-state index is 0.0535. The molecule has 2 aliphatic heterocycles. The molecule has 0 N–H and O–H groups in total. The van der Waals surface area contributed by atoms with Gasteiger partial charge >= 0.3 is 0 Å².